The molecule has 1 aliphatic rings. The summed E-state index contributed by atoms with van der Waals surface area (Å²) in [5.41, 5.74) is 2.65. The number of nitrogens with one attached hydrogen (secondary N) is 2. The molecule has 7 nitrogen and oxygen atoms in total. The van der Waals surface area contributed by atoms with Crippen molar-refractivity contribution in [3.63, 3.8) is 0 Å². The van der Waals surface area contributed by atoms with Gasteiger partial charge in [-0.25, -0.2) is 9.99 Å². The van der Waals surface area contributed by atoms with Crippen molar-refractivity contribution < 1.29 is 10.2 Å². The highest BCUT2D eigenvalue weighted by Crippen LogP contribution is 2.27. The van der Waals surface area contributed by atoms with Crippen molar-refractivity contribution in [3.8, 4) is 5.75 Å². The molecule has 3 aromatic rings. The highest BCUT2D eigenvalue weighted by atomic mass is 16.3. The number of rotatable bonds is 3. The average Bonchev–Trinajstić information content (AvgIpc) is 3.13. The number of hydrogen-bond donors (Lipinski definition) is 4. The Morgan fingerprint density at radius 1 is 1.16 bits per heavy atom. The Hall–Kier alpha value is -3.61. The highest BCUT2D eigenvalue weighted by molar-refractivity contribution is 6.23. The van der Waals surface area contributed by atoms with Gasteiger partial charge >= 0.3 is 0 Å². The summed E-state index contributed by atoms with van der Waals surface area (Å²) in [4.78, 5) is 7.55. The first-order valence-corrected chi connectivity index (χ1v) is 7.68. The lowest BCUT2D eigenvalue weighted by atomic mass is 10.2. The molecule has 0 radical (unpaired) electrons. The number of imidazole rings is 1. The van der Waals surface area contributed by atoms with Crippen LogP contribution < -0.4 is 0 Å². The predicted molar refractivity (Wildman–Crippen MR) is 95.8 cm³/mol. The fourth-order valence-electron chi connectivity index (χ4n) is 2.73. The van der Waals surface area contributed by atoms with E-state index >= 15 is 0 Å². The van der Waals surface area contributed by atoms with Crippen molar-refractivity contribution in [1.82, 2.24) is 15.0 Å². The van der Waals surface area contributed by atoms with Gasteiger partial charge in [-0.05, 0) is 29.8 Å². The van der Waals surface area contributed by atoms with E-state index in [4.69, 9.17) is 5.41 Å². The molecule has 0 spiro atoms. The summed E-state index contributed by atoms with van der Waals surface area (Å²) < 4.78 is 0. The highest BCUT2D eigenvalue weighted by Gasteiger charge is 2.30. The number of aromatic hydroxyl groups is 1. The zero-order chi connectivity index (χ0) is 17.4. The summed E-state index contributed by atoms with van der Waals surface area (Å²) in [6.45, 7) is 0.0977. The van der Waals surface area contributed by atoms with Gasteiger partial charge < -0.3 is 15.2 Å². The third kappa shape index (κ3) is 2.72. The van der Waals surface area contributed by atoms with E-state index in [1.807, 2.05) is 24.3 Å². The van der Waals surface area contributed by atoms with Gasteiger partial charge in [-0.15, -0.1) is 0 Å². The molecule has 0 bridgehead atoms. The molecule has 0 fully saturated rings. The van der Waals surface area contributed by atoms with Crippen LogP contribution in [0.2, 0.25) is 0 Å². The van der Waals surface area contributed by atoms with Crippen LogP contribution in [0, 0.1) is 5.41 Å². The first kappa shape index (κ1) is 14.9. The Balaban J connectivity index is 1.61. The van der Waals surface area contributed by atoms with Crippen LogP contribution in [0.3, 0.4) is 0 Å². The van der Waals surface area contributed by atoms with Crippen LogP contribution >= 0.6 is 0 Å². The van der Waals surface area contributed by atoms with Gasteiger partial charge in [-0.1, -0.05) is 24.3 Å². The third-order valence-corrected chi connectivity index (χ3v) is 3.93. The Kier molecular flexibility index (Phi) is 3.46. The Morgan fingerprint density at radius 3 is 2.80 bits per heavy atom. The zero-order valence-electron chi connectivity index (χ0n) is 13.1. The number of aromatic nitrogens is 2. The summed E-state index contributed by atoms with van der Waals surface area (Å²) in [6.07, 6.45) is 1.53. The van der Waals surface area contributed by atoms with Crippen LogP contribution in [-0.2, 0) is 0 Å². The summed E-state index contributed by atoms with van der Waals surface area (Å²) in [5, 5.41) is 33.7. The molecule has 4 N–H and O–H groups in total. The number of fused-ring (bicyclic) bond motifs is 1. The fraction of sp³-hybridized carbons (Fsp3) is 0.0556. The second kappa shape index (κ2) is 5.79. The minimum atomic E-state index is 0.0390. The number of hydrogen-bond acceptors (Lipinski definition) is 5. The van der Waals surface area contributed by atoms with E-state index in [-0.39, 0.29) is 23.9 Å². The van der Waals surface area contributed by atoms with Gasteiger partial charge in [0.15, 0.2) is 5.84 Å². The lowest BCUT2D eigenvalue weighted by Gasteiger charge is -2.11. The maximum Gasteiger partial charge on any atom is 0.156 e. The predicted octanol–water partition coefficient (Wildman–Crippen LogP) is 2.86. The molecule has 0 saturated heterocycles. The van der Waals surface area contributed by atoms with Crippen LogP contribution in [-0.4, -0.2) is 43.8 Å². The molecule has 7 heteroatoms. The van der Waals surface area contributed by atoms with Gasteiger partial charge in [0.05, 0.1) is 17.2 Å². The summed E-state index contributed by atoms with van der Waals surface area (Å²) in [5.74, 6) is 0.688. The number of aromatic amines is 1. The first-order chi connectivity index (χ1) is 12.1. The van der Waals surface area contributed by atoms with Crippen LogP contribution in [0.1, 0.15) is 11.4 Å². The van der Waals surface area contributed by atoms with Gasteiger partial charge in [0, 0.05) is 0 Å². The number of benzene rings is 2. The molecule has 124 valence electrons. The summed E-state index contributed by atoms with van der Waals surface area (Å²) >= 11 is 0. The normalized spacial score (nSPS) is 15.0. The maximum atomic E-state index is 10.3. The van der Waals surface area contributed by atoms with E-state index in [1.54, 1.807) is 24.3 Å². The monoisotopic (exact) mass is 333 g/mol. The Morgan fingerprint density at radius 2 is 2.00 bits per heavy atom. The van der Waals surface area contributed by atoms with E-state index in [0.717, 1.165) is 11.0 Å². The van der Waals surface area contributed by atoms with Crippen molar-refractivity contribution in [2.45, 2.75) is 0 Å². The summed E-state index contributed by atoms with van der Waals surface area (Å²) in [6, 6.07) is 14.2. The number of phenols is 1. The number of hydrazone groups is 1. The standard InChI is InChI=1S/C18H15N5O2/c19-17-16(18-21-13-6-1-2-7-14(13)22-18)15(25)10-23(17)20-9-11-4-3-5-12(24)8-11/h1-9,19,24-25H,10H2,(H,21,22)/b19-17?,20-9+. The number of para-hydroxylation sites is 2. The van der Waals surface area contributed by atoms with Gasteiger partial charge in [-0.3, -0.25) is 5.41 Å². The molecular formula is C18H15N5O2. The molecule has 0 saturated carbocycles. The molecule has 1 aromatic heterocycles. The van der Waals surface area contributed by atoms with E-state index in [1.165, 1.54) is 11.2 Å². The molecule has 25 heavy (non-hydrogen) atoms. The molecule has 2 heterocycles. The van der Waals surface area contributed by atoms with Gasteiger partial charge in [0.25, 0.3) is 0 Å². The number of amidine groups is 1. The van der Waals surface area contributed by atoms with Crippen LogP contribution in [0.25, 0.3) is 16.6 Å². The molecule has 4 rings (SSSR count). The lowest BCUT2D eigenvalue weighted by molar-refractivity contribution is 0.358. The molecular weight excluding hydrogens is 318 g/mol. The molecule has 0 amide bonds. The Bertz CT molecular complexity index is 1000. The summed E-state index contributed by atoms with van der Waals surface area (Å²) in [7, 11) is 0. The quantitative estimate of drug-likeness (QED) is 0.553. The number of H-pyrrole nitrogens is 1. The molecule has 2 aromatic carbocycles. The molecule has 0 unspecified atom stereocenters. The van der Waals surface area contributed by atoms with Crippen molar-refractivity contribution in [3.05, 3.63) is 65.7 Å². The lowest BCUT2D eigenvalue weighted by Crippen LogP contribution is -2.20. The van der Waals surface area contributed by atoms with Gasteiger partial charge in [0.1, 0.15) is 29.5 Å². The van der Waals surface area contributed by atoms with Crippen LogP contribution in [0.15, 0.2) is 59.4 Å². The Labute approximate surface area is 143 Å². The number of nitrogens with zero attached hydrogens (tertiary/aromatic N) is 3. The zero-order valence-corrected chi connectivity index (χ0v) is 13.1. The largest absolute Gasteiger partial charge is 0.509 e. The SMILES string of the molecule is N=C1C(c2nc3ccccc3[nH]2)=C(O)CN1/N=C/c1cccc(O)c1. The number of phenolic OH excluding ortho intramolecular Hbond substituents is 1. The minimum absolute atomic E-state index is 0.0390. The molecule has 0 aliphatic carbocycles. The average molecular weight is 333 g/mol. The smallest absolute Gasteiger partial charge is 0.156 e. The van der Waals surface area contributed by atoms with Gasteiger partial charge in [0.2, 0.25) is 0 Å². The molecule has 0 atom stereocenters. The van der Waals surface area contributed by atoms with Crippen molar-refractivity contribution >= 4 is 28.7 Å². The van der Waals surface area contributed by atoms with Crippen molar-refractivity contribution in [2.24, 2.45) is 5.10 Å². The fourth-order valence-corrected chi connectivity index (χ4v) is 2.73. The molecule has 1 aliphatic heterocycles. The van der Waals surface area contributed by atoms with Crippen molar-refractivity contribution in [1.29, 1.82) is 5.41 Å². The minimum Gasteiger partial charge on any atom is -0.509 e. The van der Waals surface area contributed by atoms with E-state index in [2.05, 4.69) is 15.1 Å². The van der Waals surface area contributed by atoms with E-state index in [9.17, 15) is 10.2 Å². The second-order valence-corrected chi connectivity index (χ2v) is 5.67. The van der Waals surface area contributed by atoms with Crippen molar-refractivity contribution in [2.75, 3.05) is 6.54 Å². The van der Waals surface area contributed by atoms with Crippen LogP contribution in [0.4, 0.5) is 0 Å². The first-order valence-electron chi connectivity index (χ1n) is 7.68. The van der Waals surface area contributed by atoms with E-state index < -0.39 is 0 Å². The number of aliphatic hydroxyl groups is 1. The van der Waals surface area contributed by atoms with Crippen LogP contribution in [0.5, 0.6) is 5.75 Å². The third-order valence-electron chi connectivity index (χ3n) is 3.93. The maximum absolute atomic E-state index is 10.3. The number of aliphatic hydroxyl groups excluding tert-OH is 1. The topological polar surface area (TPSA) is 109 Å². The van der Waals surface area contributed by atoms with E-state index in [0.29, 0.717) is 17.0 Å². The van der Waals surface area contributed by atoms with Gasteiger partial charge in [-0.2, -0.15) is 5.10 Å². The second-order valence-electron chi connectivity index (χ2n) is 5.67.